The minimum atomic E-state index is 0.219. The van der Waals surface area contributed by atoms with Gasteiger partial charge >= 0.3 is 0 Å². The van der Waals surface area contributed by atoms with Gasteiger partial charge in [-0.2, -0.15) is 0 Å². The summed E-state index contributed by atoms with van der Waals surface area (Å²) < 4.78 is 0. The average Bonchev–Trinajstić information content (AvgIpc) is 2.74. The zero-order chi connectivity index (χ0) is 15.6. The Morgan fingerprint density at radius 2 is 1.76 bits per heavy atom. The first-order valence-electron chi connectivity index (χ1n) is 7.54. The number of benzene rings is 1. The summed E-state index contributed by atoms with van der Waals surface area (Å²) in [5, 5.41) is 4.74. The number of nitrogens with one attached hydrogen (secondary N) is 1. The third-order valence-corrected chi connectivity index (χ3v) is 5.02. The van der Waals surface area contributed by atoms with Gasteiger partial charge in [-0.05, 0) is 37.3 Å². The van der Waals surface area contributed by atoms with E-state index in [4.69, 9.17) is 0 Å². The van der Waals surface area contributed by atoms with Crippen LogP contribution in [0, 0.1) is 13.8 Å². The van der Waals surface area contributed by atoms with Gasteiger partial charge in [0.05, 0.1) is 10.7 Å². The van der Waals surface area contributed by atoms with E-state index in [-0.39, 0.29) is 5.41 Å². The van der Waals surface area contributed by atoms with Crippen molar-refractivity contribution in [1.29, 1.82) is 0 Å². The highest BCUT2D eigenvalue weighted by Crippen LogP contribution is 2.25. The summed E-state index contributed by atoms with van der Waals surface area (Å²) in [6, 6.07) is 9.28. The van der Waals surface area contributed by atoms with Gasteiger partial charge in [-0.25, -0.2) is 4.98 Å². The minimum Gasteiger partial charge on any atom is -0.305 e. The lowest BCUT2D eigenvalue weighted by atomic mass is 9.87. The van der Waals surface area contributed by atoms with Crippen LogP contribution in [0.15, 0.2) is 24.3 Å². The van der Waals surface area contributed by atoms with E-state index in [9.17, 15) is 0 Å². The Morgan fingerprint density at radius 3 is 2.24 bits per heavy atom. The van der Waals surface area contributed by atoms with E-state index in [0.717, 1.165) is 17.2 Å². The fourth-order valence-electron chi connectivity index (χ4n) is 2.44. The average molecular weight is 302 g/mol. The van der Waals surface area contributed by atoms with Crippen LogP contribution >= 0.6 is 11.3 Å². The van der Waals surface area contributed by atoms with Gasteiger partial charge < -0.3 is 5.32 Å². The zero-order valence-electron chi connectivity index (χ0n) is 13.9. The Kier molecular flexibility index (Phi) is 4.84. The fraction of sp³-hybridized carbons (Fsp3) is 0.500. The number of aryl methyl sites for hydroxylation is 2. The lowest BCUT2D eigenvalue weighted by Crippen LogP contribution is -2.18. The van der Waals surface area contributed by atoms with E-state index in [2.05, 4.69) is 76.1 Å². The van der Waals surface area contributed by atoms with Gasteiger partial charge in [0.1, 0.15) is 0 Å². The van der Waals surface area contributed by atoms with E-state index >= 15 is 0 Å². The van der Waals surface area contributed by atoms with Gasteiger partial charge in [0, 0.05) is 17.5 Å². The Bertz CT molecular complexity index is 591. The molecule has 0 radical (unpaired) electrons. The SMILES string of the molecule is Cc1nc(C)c(C(C)NCc2ccc(C(C)(C)C)cc2)s1. The summed E-state index contributed by atoms with van der Waals surface area (Å²) in [5.41, 5.74) is 4.08. The van der Waals surface area contributed by atoms with E-state index in [1.54, 1.807) is 11.3 Å². The van der Waals surface area contributed by atoms with Crippen molar-refractivity contribution in [2.24, 2.45) is 0 Å². The summed E-state index contributed by atoms with van der Waals surface area (Å²) in [7, 11) is 0. The second-order valence-corrected chi connectivity index (χ2v) is 7.97. The lowest BCUT2D eigenvalue weighted by molar-refractivity contribution is 0.575. The topological polar surface area (TPSA) is 24.9 Å². The second kappa shape index (κ2) is 6.29. The number of thiazole rings is 1. The van der Waals surface area contributed by atoms with E-state index in [1.165, 1.54) is 16.0 Å². The number of rotatable bonds is 4. The standard InChI is InChI=1S/C18H26N2S/c1-12(17-13(2)20-14(3)21-17)19-11-15-7-9-16(10-8-15)18(4,5)6/h7-10,12,19H,11H2,1-6H3. The predicted molar refractivity (Wildman–Crippen MR) is 92.0 cm³/mol. The molecule has 0 bridgehead atoms. The molecular weight excluding hydrogens is 276 g/mol. The Labute approximate surface area is 132 Å². The van der Waals surface area contributed by atoms with Crippen LogP contribution in [-0.4, -0.2) is 4.98 Å². The van der Waals surface area contributed by atoms with E-state index < -0.39 is 0 Å². The first kappa shape index (κ1) is 16.2. The van der Waals surface area contributed by atoms with E-state index in [0.29, 0.717) is 6.04 Å². The van der Waals surface area contributed by atoms with E-state index in [1.807, 2.05) is 0 Å². The van der Waals surface area contributed by atoms with Crippen LogP contribution in [0.25, 0.3) is 0 Å². The maximum atomic E-state index is 4.50. The lowest BCUT2D eigenvalue weighted by Gasteiger charge is -2.19. The summed E-state index contributed by atoms with van der Waals surface area (Å²) in [6.07, 6.45) is 0. The van der Waals surface area contributed by atoms with Gasteiger partial charge in [-0.1, -0.05) is 45.0 Å². The molecule has 21 heavy (non-hydrogen) atoms. The molecule has 0 amide bonds. The van der Waals surface area contributed by atoms with Crippen LogP contribution in [-0.2, 0) is 12.0 Å². The molecule has 1 atom stereocenters. The molecule has 0 aliphatic carbocycles. The molecular formula is C18H26N2S. The fourth-order valence-corrected chi connectivity index (χ4v) is 3.39. The first-order chi connectivity index (χ1) is 9.77. The molecule has 1 aromatic carbocycles. The van der Waals surface area contributed by atoms with Gasteiger partial charge in [0.25, 0.3) is 0 Å². The third-order valence-electron chi connectivity index (χ3n) is 3.77. The van der Waals surface area contributed by atoms with Crippen molar-refractivity contribution in [3.63, 3.8) is 0 Å². The van der Waals surface area contributed by atoms with Crippen molar-refractivity contribution in [3.05, 3.63) is 51.0 Å². The van der Waals surface area contributed by atoms with Crippen molar-refractivity contribution in [2.75, 3.05) is 0 Å². The molecule has 2 rings (SSSR count). The van der Waals surface area contributed by atoms with Crippen LogP contribution in [0.3, 0.4) is 0 Å². The Morgan fingerprint density at radius 1 is 1.14 bits per heavy atom. The molecule has 0 aliphatic rings. The molecule has 114 valence electrons. The second-order valence-electron chi connectivity index (χ2n) is 6.73. The minimum absolute atomic E-state index is 0.219. The van der Waals surface area contributed by atoms with Crippen LogP contribution in [0.2, 0.25) is 0 Å². The molecule has 0 saturated heterocycles. The predicted octanol–water partition coefficient (Wildman–Crippen LogP) is 4.91. The smallest absolute Gasteiger partial charge is 0.0900 e. The molecule has 0 spiro atoms. The highest BCUT2D eigenvalue weighted by Gasteiger charge is 2.14. The highest BCUT2D eigenvalue weighted by atomic mass is 32.1. The van der Waals surface area contributed by atoms with Crippen molar-refractivity contribution in [1.82, 2.24) is 10.3 Å². The number of aromatic nitrogens is 1. The van der Waals surface area contributed by atoms with Crippen LogP contribution < -0.4 is 5.32 Å². The van der Waals surface area contributed by atoms with Crippen molar-refractivity contribution < 1.29 is 0 Å². The van der Waals surface area contributed by atoms with Crippen molar-refractivity contribution in [2.45, 2.75) is 59.5 Å². The molecule has 0 aliphatic heterocycles. The van der Waals surface area contributed by atoms with Gasteiger partial charge in [0.2, 0.25) is 0 Å². The number of hydrogen-bond donors (Lipinski definition) is 1. The van der Waals surface area contributed by atoms with Gasteiger partial charge in [-0.15, -0.1) is 11.3 Å². The van der Waals surface area contributed by atoms with Gasteiger partial charge in [0.15, 0.2) is 0 Å². The summed E-state index contributed by atoms with van der Waals surface area (Å²) in [6.45, 7) is 14.0. The molecule has 0 saturated carbocycles. The summed E-state index contributed by atoms with van der Waals surface area (Å²) in [5.74, 6) is 0. The molecule has 2 aromatic rings. The van der Waals surface area contributed by atoms with Crippen LogP contribution in [0.5, 0.6) is 0 Å². The Balaban J connectivity index is 1.98. The zero-order valence-corrected chi connectivity index (χ0v) is 14.8. The Hall–Kier alpha value is -1.19. The molecule has 3 heteroatoms. The molecule has 2 nitrogen and oxygen atoms in total. The van der Waals surface area contributed by atoms with Crippen LogP contribution in [0.1, 0.15) is 60.4 Å². The maximum absolute atomic E-state index is 4.50. The molecule has 1 heterocycles. The molecule has 0 fully saturated rings. The quantitative estimate of drug-likeness (QED) is 0.868. The maximum Gasteiger partial charge on any atom is 0.0900 e. The molecule has 1 unspecified atom stereocenters. The normalized spacial score (nSPS) is 13.4. The summed E-state index contributed by atoms with van der Waals surface area (Å²) in [4.78, 5) is 5.85. The largest absolute Gasteiger partial charge is 0.305 e. The first-order valence-corrected chi connectivity index (χ1v) is 8.36. The third kappa shape index (κ3) is 4.14. The summed E-state index contributed by atoms with van der Waals surface area (Å²) >= 11 is 1.79. The number of hydrogen-bond acceptors (Lipinski definition) is 3. The highest BCUT2D eigenvalue weighted by molar-refractivity contribution is 7.11. The van der Waals surface area contributed by atoms with Crippen LogP contribution in [0.4, 0.5) is 0 Å². The van der Waals surface area contributed by atoms with Crippen molar-refractivity contribution >= 4 is 11.3 Å². The molecule has 1 aromatic heterocycles. The monoisotopic (exact) mass is 302 g/mol. The van der Waals surface area contributed by atoms with Crippen molar-refractivity contribution in [3.8, 4) is 0 Å². The molecule has 1 N–H and O–H groups in total. The van der Waals surface area contributed by atoms with Gasteiger partial charge in [-0.3, -0.25) is 0 Å². The number of nitrogens with zero attached hydrogens (tertiary/aromatic N) is 1.